The number of rotatable bonds is 6. The van der Waals surface area contributed by atoms with E-state index in [0.717, 1.165) is 46.3 Å². The lowest BCUT2D eigenvalue weighted by Gasteiger charge is -2.32. The zero-order chi connectivity index (χ0) is 22.1. The summed E-state index contributed by atoms with van der Waals surface area (Å²) in [6.07, 6.45) is 8.69. The van der Waals surface area contributed by atoms with Crippen LogP contribution in [0, 0.1) is 17.2 Å². The standard InChI is InChI=1S/C25H25N5O2/c26-12-24(30-7-5-21(31)6-8-30)19-9-18(13-27-14-19)22-4-3-17-15-28-20(10-23(17)29-22)11-25(32)16-1-2-16/h3-4,9-10,13-16,21,24,31H,1-2,5-8,11H2. The molecule has 1 atom stereocenters. The minimum Gasteiger partial charge on any atom is -0.393 e. The van der Waals surface area contributed by atoms with E-state index < -0.39 is 6.04 Å². The fourth-order valence-corrected chi connectivity index (χ4v) is 4.30. The van der Waals surface area contributed by atoms with Crippen molar-refractivity contribution in [2.75, 3.05) is 13.1 Å². The molecule has 7 nitrogen and oxygen atoms in total. The first-order valence-corrected chi connectivity index (χ1v) is 11.2. The second-order valence-corrected chi connectivity index (χ2v) is 8.79. The Morgan fingerprint density at radius 1 is 1.16 bits per heavy atom. The molecule has 4 heterocycles. The van der Waals surface area contributed by atoms with E-state index in [1.807, 2.05) is 24.3 Å². The molecule has 0 radical (unpaired) electrons. The van der Waals surface area contributed by atoms with Gasteiger partial charge in [-0.2, -0.15) is 5.26 Å². The van der Waals surface area contributed by atoms with E-state index in [9.17, 15) is 15.2 Å². The monoisotopic (exact) mass is 427 g/mol. The van der Waals surface area contributed by atoms with Gasteiger partial charge in [0.05, 0.1) is 23.4 Å². The maximum Gasteiger partial charge on any atom is 0.141 e. The first kappa shape index (κ1) is 20.7. The number of pyridine rings is 3. The van der Waals surface area contributed by atoms with Gasteiger partial charge in [0.25, 0.3) is 0 Å². The Hall–Kier alpha value is -3.21. The van der Waals surface area contributed by atoms with Crippen molar-refractivity contribution in [1.29, 1.82) is 5.26 Å². The van der Waals surface area contributed by atoms with Crippen LogP contribution in [0.3, 0.4) is 0 Å². The molecule has 5 rings (SSSR count). The van der Waals surface area contributed by atoms with Crippen molar-refractivity contribution in [3.63, 3.8) is 0 Å². The molecule has 0 bridgehead atoms. The molecule has 1 saturated carbocycles. The molecule has 2 aliphatic rings. The molecule has 0 amide bonds. The summed E-state index contributed by atoms with van der Waals surface area (Å²) < 4.78 is 0. The van der Waals surface area contributed by atoms with Crippen LogP contribution in [-0.4, -0.2) is 49.9 Å². The van der Waals surface area contributed by atoms with Crippen LogP contribution in [0.15, 0.2) is 42.9 Å². The molecule has 2 fully saturated rings. The van der Waals surface area contributed by atoms with Crippen LogP contribution < -0.4 is 0 Å². The van der Waals surface area contributed by atoms with Gasteiger partial charge in [0.15, 0.2) is 0 Å². The lowest BCUT2D eigenvalue weighted by molar-refractivity contribution is -0.119. The molecule has 1 aliphatic heterocycles. The highest BCUT2D eigenvalue weighted by atomic mass is 16.3. The van der Waals surface area contributed by atoms with Gasteiger partial charge in [-0.1, -0.05) is 0 Å². The Bertz CT molecular complexity index is 1190. The molecule has 0 spiro atoms. The second kappa shape index (κ2) is 8.73. The predicted molar refractivity (Wildman–Crippen MR) is 119 cm³/mol. The quantitative estimate of drug-likeness (QED) is 0.644. The number of hydrogen-bond acceptors (Lipinski definition) is 7. The minimum absolute atomic E-state index is 0.219. The smallest absolute Gasteiger partial charge is 0.141 e. The summed E-state index contributed by atoms with van der Waals surface area (Å²) in [5.74, 6) is 0.481. The Morgan fingerprint density at radius 3 is 2.72 bits per heavy atom. The molecular weight excluding hydrogens is 402 g/mol. The van der Waals surface area contributed by atoms with Crippen LogP contribution in [0.5, 0.6) is 0 Å². The maximum atomic E-state index is 12.2. The van der Waals surface area contributed by atoms with Crippen molar-refractivity contribution >= 4 is 16.7 Å². The van der Waals surface area contributed by atoms with Crippen LogP contribution in [0.1, 0.15) is 43.0 Å². The van der Waals surface area contributed by atoms with Crippen molar-refractivity contribution in [2.24, 2.45) is 5.92 Å². The number of nitrogens with zero attached hydrogens (tertiary/aromatic N) is 5. The third kappa shape index (κ3) is 4.38. The zero-order valence-corrected chi connectivity index (χ0v) is 17.8. The molecule has 1 aliphatic carbocycles. The molecule has 3 aromatic heterocycles. The summed E-state index contributed by atoms with van der Waals surface area (Å²) in [6.45, 7) is 1.38. The number of Topliss-reactive ketones (excluding diaryl/α,β-unsaturated/α-hetero) is 1. The molecule has 7 heteroatoms. The Balaban J connectivity index is 1.41. The van der Waals surface area contributed by atoms with E-state index >= 15 is 0 Å². The number of carbonyl (C=O) groups is 1. The van der Waals surface area contributed by atoms with Crippen LogP contribution in [-0.2, 0) is 11.2 Å². The molecule has 1 N–H and O–H groups in total. The van der Waals surface area contributed by atoms with Crippen LogP contribution in [0.4, 0.5) is 0 Å². The van der Waals surface area contributed by atoms with Gasteiger partial charge in [-0.05, 0) is 49.9 Å². The topological polar surface area (TPSA) is 103 Å². The summed E-state index contributed by atoms with van der Waals surface area (Å²) in [7, 11) is 0. The van der Waals surface area contributed by atoms with Gasteiger partial charge in [0.2, 0.25) is 0 Å². The first-order valence-electron chi connectivity index (χ1n) is 11.2. The average Bonchev–Trinajstić information content (AvgIpc) is 3.66. The SMILES string of the molecule is N#CC(c1cncc(-c2ccc3cnc(CC(=O)C4CC4)cc3n2)c1)N1CCC(O)CC1. The highest BCUT2D eigenvalue weighted by Crippen LogP contribution is 2.31. The number of likely N-dealkylation sites (tertiary alicyclic amines) is 1. The van der Waals surface area contributed by atoms with E-state index in [4.69, 9.17) is 4.98 Å². The van der Waals surface area contributed by atoms with Crippen molar-refractivity contribution in [3.05, 3.63) is 54.1 Å². The maximum absolute atomic E-state index is 12.2. The minimum atomic E-state index is -0.403. The predicted octanol–water partition coefficient (Wildman–Crippen LogP) is 3.23. The second-order valence-electron chi connectivity index (χ2n) is 8.79. The molecule has 162 valence electrons. The fraction of sp³-hybridized carbons (Fsp3) is 0.400. The van der Waals surface area contributed by atoms with Gasteiger partial charge in [-0.25, -0.2) is 4.98 Å². The average molecular weight is 428 g/mol. The Morgan fingerprint density at radius 2 is 1.97 bits per heavy atom. The summed E-state index contributed by atoms with van der Waals surface area (Å²) >= 11 is 0. The van der Waals surface area contributed by atoms with Gasteiger partial charge in [0.1, 0.15) is 11.8 Å². The summed E-state index contributed by atoms with van der Waals surface area (Å²) in [5, 5.41) is 20.5. The lowest BCUT2D eigenvalue weighted by Crippen LogP contribution is -2.38. The Labute approximate surface area is 186 Å². The van der Waals surface area contributed by atoms with Crippen molar-refractivity contribution in [3.8, 4) is 17.3 Å². The number of aliphatic hydroxyl groups excluding tert-OH is 1. The van der Waals surface area contributed by atoms with Gasteiger partial charge in [-0.3, -0.25) is 19.7 Å². The number of fused-ring (bicyclic) bond motifs is 1. The highest BCUT2D eigenvalue weighted by Gasteiger charge is 2.29. The number of hydrogen-bond donors (Lipinski definition) is 1. The van der Waals surface area contributed by atoms with Gasteiger partial charge >= 0.3 is 0 Å². The lowest BCUT2D eigenvalue weighted by atomic mass is 10.0. The van der Waals surface area contributed by atoms with Crippen LogP contribution in [0.2, 0.25) is 0 Å². The zero-order valence-electron chi connectivity index (χ0n) is 17.8. The normalized spacial score (nSPS) is 18.4. The van der Waals surface area contributed by atoms with E-state index in [1.54, 1.807) is 18.6 Å². The number of aliphatic hydroxyl groups is 1. The number of aromatic nitrogens is 3. The molecular formula is C25H25N5O2. The van der Waals surface area contributed by atoms with E-state index in [-0.39, 0.29) is 17.8 Å². The molecule has 1 unspecified atom stereocenters. The number of ketones is 1. The van der Waals surface area contributed by atoms with Crippen LogP contribution in [0.25, 0.3) is 22.2 Å². The van der Waals surface area contributed by atoms with Crippen molar-refractivity contribution < 1.29 is 9.90 Å². The third-order valence-corrected chi connectivity index (χ3v) is 6.38. The molecule has 3 aromatic rings. The summed E-state index contributed by atoms with van der Waals surface area (Å²) in [4.78, 5) is 27.9. The largest absolute Gasteiger partial charge is 0.393 e. The number of nitriles is 1. The Kier molecular flexibility index (Phi) is 5.64. The fourth-order valence-electron chi connectivity index (χ4n) is 4.30. The summed E-state index contributed by atoms with van der Waals surface area (Å²) in [5.41, 5.74) is 3.98. The summed E-state index contributed by atoms with van der Waals surface area (Å²) in [6, 6.07) is 9.76. The van der Waals surface area contributed by atoms with Crippen molar-refractivity contribution in [2.45, 2.75) is 44.2 Å². The van der Waals surface area contributed by atoms with E-state index in [1.165, 1.54) is 0 Å². The van der Waals surface area contributed by atoms with Gasteiger partial charge in [0, 0.05) is 66.2 Å². The number of piperidine rings is 1. The van der Waals surface area contributed by atoms with Gasteiger partial charge < -0.3 is 5.11 Å². The molecule has 0 aromatic carbocycles. The van der Waals surface area contributed by atoms with E-state index in [2.05, 4.69) is 20.9 Å². The van der Waals surface area contributed by atoms with Crippen molar-refractivity contribution in [1.82, 2.24) is 19.9 Å². The first-order chi connectivity index (χ1) is 15.6. The molecule has 1 saturated heterocycles. The number of carbonyl (C=O) groups excluding carboxylic acids is 1. The van der Waals surface area contributed by atoms with Crippen LogP contribution >= 0.6 is 0 Å². The molecule has 32 heavy (non-hydrogen) atoms. The van der Waals surface area contributed by atoms with E-state index in [0.29, 0.717) is 32.4 Å². The van der Waals surface area contributed by atoms with Gasteiger partial charge in [-0.15, -0.1) is 0 Å². The third-order valence-electron chi connectivity index (χ3n) is 6.38. The highest BCUT2D eigenvalue weighted by molar-refractivity contribution is 5.86.